The van der Waals surface area contributed by atoms with Crippen molar-refractivity contribution in [2.75, 3.05) is 0 Å². The molecule has 2 N–H and O–H groups in total. The lowest BCUT2D eigenvalue weighted by atomic mass is 9.94. The zero-order valence-corrected chi connectivity index (χ0v) is 10.5. The molecule has 7 heteroatoms. The molecule has 1 fully saturated rings. The summed E-state index contributed by atoms with van der Waals surface area (Å²) in [5, 5.41) is 9.34. The van der Waals surface area contributed by atoms with Gasteiger partial charge in [-0.25, -0.2) is 17.5 Å². The van der Waals surface area contributed by atoms with E-state index in [9.17, 15) is 17.9 Å². The van der Waals surface area contributed by atoms with E-state index in [2.05, 4.69) is 9.71 Å². The molecule has 1 aliphatic carbocycles. The number of hydrogen-bond donors (Lipinski definition) is 2. The SMILES string of the molecule is O=S(=O)(NC1CCC(O)CC1)c1cncc(F)c1. The van der Waals surface area contributed by atoms with Crippen LogP contribution in [0.2, 0.25) is 0 Å². The summed E-state index contributed by atoms with van der Waals surface area (Å²) in [5.41, 5.74) is 0. The average molecular weight is 274 g/mol. The molecule has 0 unspecified atom stereocenters. The Balaban J connectivity index is 2.08. The van der Waals surface area contributed by atoms with Crippen molar-refractivity contribution in [2.24, 2.45) is 0 Å². The maximum Gasteiger partial charge on any atom is 0.242 e. The zero-order chi connectivity index (χ0) is 13.2. The second-order valence-electron chi connectivity index (χ2n) is 4.47. The largest absolute Gasteiger partial charge is 0.393 e. The normalized spacial score (nSPS) is 25.0. The number of aliphatic hydroxyl groups is 1. The van der Waals surface area contributed by atoms with E-state index in [1.165, 1.54) is 0 Å². The maximum atomic E-state index is 12.9. The van der Waals surface area contributed by atoms with Crippen molar-refractivity contribution >= 4 is 10.0 Å². The summed E-state index contributed by atoms with van der Waals surface area (Å²) in [4.78, 5) is 3.35. The molecule has 5 nitrogen and oxygen atoms in total. The summed E-state index contributed by atoms with van der Waals surface area (Å²) in [5.74, 6) is -0.683. The molecule has 0 saturated heterocycles. The fourth-order valence-electron chi connectivity index (χ4n) is 2.02. The highest BCUT2D eigenvalue weighted by Gasteiger charge is 2.25. The topological polar surface area (TPSA) is 79.3 Å². The average Bonchev–Trinajstić information content (AvgIpc) is 2.32. The van der Waals surface area contributed by atoms with Crippen molar-refractivity contribution in [3.63, 3.8) is 0 Å². The van der Waals surface area contributed by atoms with Crippen LogP contribution in [0.1, 0.15) is 25.7 Å². The molecule has 1 aromatic heterocycles. The molecule has 1 saturated carbocycles. The van der Waals surface area contributed by atoms with Gasteiger partial charge in [0.15, 0.2) is 0 Å². The van der Waals surface area contributed by atoms with Crippen LogP contribution in [0.3, 0.4) is 0 Å². The molecule has 0 bridgehead atoms. The van der Waals surface area contributed by atoms with Gasteiger partial charge in [0.05, 0.1) is 12.3 Å². The van der Waals surface area contributed by atoms with Gasteiger partial charge in [-0.15, -0.1) is 0 Å². The molecule has 0 aliphatic heterocycles. The first-order valence-corrected chi connectivity index (χ1v) is 7.26. The Hall–Kier alpha value is -1.05. The Morgan fingerprint density at radius 1 is 1.28 bits per heavy atom. The molecule has 1 aliphatic rings. The first-order valence-electron chi connectivity index (χ1n) is 5.78. The monoisotopic (exact) mass is 274 g/mol. The van der Waals surface area contributed by atoms with Crippen molar-refractivity contribution in [2.45, 2.75) is 42.7 Å². The van der Waals surface area contributed by atoms with Crippen LogP contribution in [0.4, 0.5) is 4.39 Å². The Labute approximate surface area is 105 Å². The predicted octanol–water partition coefficient (Wildman–Crippen LogP) is 0.802. The molecule has 1 heterocycles. The van der Waals surface area contributed by atoms with Crippen LogP contribution in [-0.4, -0.2) is 30.7 Å². The number of sulfonamides is 1. The van der Waals surface area contributed by atoms with Gasteiger partial charge < -0.3 is 5.11 Å². The van der Waals surface area contributed by atoms with E-state index in [1.807, 2.05) is 0 Å². The van der Waals surface area contributed by atoms with Gasteiger partial charge in [0.1, 0.15) is 10.7 Å². The minimum Gasteiger partial charge on any atom is -0.393 e. The van der Waals surface area contributed by atoms with Crippen molar-refractivity contribution < 1.29 is 17.9 Å². The highest BCUT2D eigenvalue weighted by atomic mass is 32.2. The van der Waals surface area contributed by atoms with E-state index < -0.39 is 15.8 Å². The Morgan fingerprint density at radius 2 is 1.94 bits per heavy atom. The minimum absolute atomic E-state index is 0.173. The quantitative estimate of drug-likeness (QED) is 0.854. The number of halogens is 1. The fourth-order valence-corrected chi connectivity index (χ4v) is 3.30. The predicted molar refractivity (Wildman–Crippen MR) is 62.8 cm³/mol. The molecule has 0 aromatic carbocycles. The van der Waals surface area contributed by atoms with Crippen LogP contribution < -0.4 is 4.72 Å². The standard InChI is InChI=1S/C11H15FN2O3S/c12-8-5-11(7-13-6-8)18(16,17)14-9-1-3-10(15)4-2-9/h5-7,9-10,14-15H,1-4H2. The van der Waals surface area contributed by atoms with Crippen LogP contribution in [0, 0.1) is 5.82 Å². The number of aromatic nitrogens is 1. The third kappa shape index (κ3) is 3.24. The third-order valence-electron chi connectivity index (χ3n) is 3.01. The first-order chi connectivity index (χ1) is 8.47. The smallest absolute Gasteiger partial charge is 0.242 e. The summed E-state index contributed by atoms with van der Waals surface area (Å²) in [6.07, 6.45) is 4.05. The molecule has 0 amide bonds. The van der Waals surface area contributed by atoms with Gasteiger partial charge in [-0.05, 0) is 31.7 Å². The molecule has 18 heavy (non-hydrogen) atoms. The second-order valence-corrected chi connectivity index (χ2v) is 6.18. The van der Waals surface area contributed by atoms with Gasteiger partial charge in [0.25, 0.3) is 0 Å². The number of nitrogens with zero attached hydrogens (tertiary/aromatic N) is 1. The fraction of sp³-hybridized carbons (Fsp3) is 0.545. The molecule has 0 radical (unpaired) electrons. The van der Waals surface area contributed by atoms with Gasteiger partial charge >= 0.3 is 0 Å². The van der Waals surface area contributed by atoms with Crippen molar-refractivity contribution in [1.29, 1.82) is 0 Å². The maximum absolute atomic E-state index is 12.9. The van der Waals surface area contributed by atoms with Crippen LogP contribution in [0.5, 0.6) is 0 Å². The highest BCUT2D eigenvalue weighted by molar-refractivity contribution is 7.89. The molecular weight excluding hydrogens is 259 g/mol. The molecule has 100 valence electrons. The lowest BCUT2D eigenvalue weighted by molar-refractivity contribution is 0.120. The minimum atomic E-state index is -3.73. The number of nitrogens with one attached hydrogen (secondary N) is 1. The van der Waals surface area contributed by atoms with Crippen LogP contribution in [0.25, 0.3) is 0 Å². The molecule has 1 aromatic rings. The van der Waals surface area contributed by atoms with Gasteiger partial charge in [-0.1, -0.05) is 0 Å². The Bertz CT molecular complexity index is 513. The van der Waals surface area contributed by atoms with Crippen molar-refractivity contribution in [3.8, 4) is 0 Å². The number of rotatable bonds is 3. The second kappa shape index (κ2) is 5.29. The van der Waals surface area contributed by atoms with Crippen molar-refractivity contribution in [1.82, 2.24) is 9.71 Å². The van der Waals surface area contributed by atoms with Crippen LogP contribution in [0.15, 0.2) is 23.4 Å². The summed E-state index contributed by atoms with van der Waals surface area (Å²) in [6.45, 7) is 0. The number of pyridine rings is 1. The number of hydrogen-bond acceptors (Lipinski definition) is 4. The highest BCUT2D eigenvalue weighted by Crippen LogP contribution is 2.20. The first kappa shape index (κ1) is 13.4. The third-order valence-corrected chi connectivity index (χ3v) is 4.50. The molecule has 0 spiro atoms. The zero-order valence-electron chi connectivity index (χ0n) is 9.71. The van der Waals surface area contributed by atoms with Crippen LogP contribution in [-0.2, 0) is 10.0 Å². The van der Waals surface area contributed by atoms with E-state index in [0.29, 0.717) is 25.7 Å². The van der Waals surface area contributed by atoms with E-state index in [1.54, 1.807) is 0 Å². The Morgan fingerprint density at radius 3 is 2.56 bits per heavy atom. The molecule has 2 rings (SSSR count). The van der Waals surface area contributed by atoms with E-state index >= 15 is 0 Å². The Kier molecular flexibility index (Phi) is 3.94. The van der Waals surface area contributed by atoms with Gasteiger partial charge in [-0.3, -0.25) is 4.98 Å². The molecular formula is C11H15FN2O3S. The lowest BCUT2D eigenvalue weighted by Crippen LogP contribution is -2.38. The number of aliphatic hydroxyl groups excluding tert-OH is 1. The van der Waals surface area contributed by atoms with Gasteiger partial charge in [0.2, 0.25) is 10.0 Å². The van der Waals surface area contributed by atoms with Gasteiger partial charge in [0, 0.05) is 12.2 Å². The summed E-state index contributed by atoms with van der Waals surface area (Å²) < 4.78 is 39.4. The van der Waals surface area contributed by atoms with E-state index in [0.717, 1.165) is 18.5 Å². The summed E-state index contributed by atoms with van der Waals surface area (Å²) in [6, 6.07) is 0.731. The molecule has 0 atom stereocenters. The summed E-state index contributed by atoms with van der Waals surface area (Å²) >= 11 is 0. The van der Waals surface area contributed by atoms with Gasteiger partial charge in [-0.2, -0.15) is 0 Å². The van der Waals surface area contributed by atoms with E-state index in [4.69, 9.17) is 0 Å². The lowest BCUT2D eigenvalue weighted by Gasteiger charge is -2.25. The van der Waals surface area contributed by atoms with Crippen LogP contribution >= 0.6 is 0 Å². The van der Waals surface area contributed by atoms with E-state index in [-0.39, 0.29) is 17.0 Å². The van der Waals surface area contributed by atoms with Crippen molar-refractivity contribution in [3.05, 3.63) is 24.3 Å². The summed E-state index contributed by atoms with van der Waals surface area (Å²) in [7, 11) is -3.73.